The van der Waals surface area contributed by atoms with Crippen molar-refractivity contribution in [3.8, 4) is 0 Å². The molecule has 4 rings (SSSR count). The quantitative estimate of drug-likeness (QED) is 0.815. The highest BCUT2D eigenvalue weighted by atomic mass is 32.2. The van der Waals surface area contributed by atoms with Crippen molar-refractivity contribution >= 4 is 27.6 Å². The monoisotopic (exact) mass is 378 g/mol. The van der Waals surface area contributed by atoms with E-state index in [1.165, 1.54) is 12.1 Å². The summed E-state index contributed by atoms with van der Waals surface area (Å²) < 4.78 is 26.9. The van der Waals surface area contributed by atoms with Crippen LogP contribution in [0.5, 0.6) is 0 Å². The van der Waals surface area contributed by atoms with Gasteiger partial charge in [0.1, 0.15) is 0 Å². The minimum atomic E-state index is -3.49. The maximum Gasteiger partial charge on any atom is 0.321 e. The molecule has 1 saturated carbocycles. The van der Waals surface area contributed by atoms with Gasteiger partial charge in [-0.25, -0.2) is 17.9 Å². The number of urea groups is 1. The lowest BCUT2D eigenvalue weighted by Crippen LogP contribution is -2.54. The Balaban J connectivity index is 1.36. The van der Waals surface area contributed by atoms with E-state index in [9.17, 15) is 18.0 Å². The maximum atomic E-state index is 12.5. The molecule has 0 bridgehead atoms. The van der Waals surface area contributed by atoms with Crippen LogP contribution in [0.2, 0.25) is 0 Å². The first-order valence-corrected chi connectivity index (χ1v) is 10.4. The minimum absolute atomic E-state index is 0.0560. The van der Waals surface area contributed by atoms with Gasteiger partial charge in [-0.15, -0.1) is 0 Å². The average molecular weight is 378 g/mol. The van der Waals surface area contributed by atoms with Crippen LogP contribution in [0, 0.1) is 0 Å². The third kappa shape index (κ3) is 3.54. The molecule has 0 aromatic heterocycles. The van der Waals surface area contributed by atoms with Crippen molar-refractivity contribution in [3.05, 3.63) is 24.3 Å². The summed E-state index contributed by atoms with van der Waals surface area (Å²) in [5.74, 6) is 0.173. The number of carbonyl (C=O) groups is 2. The second-order valence-electron chi connectivity index (χ2n) is 7.08. The summed E-state index contributed by atoms with van der Waals surface area (Å²) in [6.07, 6.45) is 3.12. The van der Waals surface area contributed by atoms with Crippen LogP contribution in [-0.4, -0.2) is 61.9 Å². The summed E-state index contributed by atoms with van der Waals surface area (Å²) >= 11 is 0. The molecule has 3 fully saturated rings. The number of anilines is 1. The predicted octanol–water partition coefficient (Wildman–Crippen LogP) is 0.966. The Morgan fingerprint density at radius 1 is 1.08 bits per heavy atom. The fraction of sp³-hybridized carbons (Fsp3) is 0.529. The molecule has 1 aromatic rings. The van der Waals surface area contributed by atoms with Crippen LogP contribution in [0.15, 0.2) is 29.2 Å². The van der Waals surface area contributed by atoms with Crippen molar-refractivity contribution in [2.75, 3.05) is 25.0 Å². The van der Waals surface area contributed by atoms with Crippen molar-refractivity contribution in [2.45, 2.75) is 42.7 Å². The third-order valence-corrected chi connectivity index (χ3v) is 6.63. The fourth-order valence-electron chi connectivity index (χ4n) is 3.46. The van der Waals surface area contributed by atoms with Gasteiger partial charge in [0.05, 0.1) is 4.90 Å². The van der Waals surface area contributed by atoms with Crippen molar-refractivity contribution in [3.63, 3.8) is 0 Å². The lowest BCUT2D eigenvalue weighted by molar-refractivity contribution is -0.130. The van der Waals surface area contributed by atoms with E-state index in [1.54, 1.807) is 17.0 Å². The second kappa shape index (κ2) is 6.55. The number of nitrogens with one attached hydrogen (secondary N) is 2. The van der Waals surface area contributed by atoms with E-state index < -0.39 is 10.0 Å². The third-order valence-electron chi connectivity index (χ3n) is 5.10. The molecular formula is C17H22N4O4S. The van der Waals surface area contributed by atoms with Gasteiger partial charge in [0, 0.05) is 43.8 Å². The molecule has 1 atom stereocenters. The van der Waals surface area contributed by atoms with E-state index in [0.717, 1.165) is 19.3 Å². The van der Waals surface area contributed by atoms with E-state index in [4.69, 9.17) is 0 Å². The average Bonchev–Trinajstić information content (AvgIpc) is 3.35. The summed E-state index contributed by atoms with van der Waals surface area (Å²) in [4.78, 5) is 27.9. The number of hydrogen-bond acceptors (Lipinski definition) is 4. The molecule has 8 nitrogen and oxygen atoms in total. The second-order valence-corrected chi connectivity index (χ2v) is 8.79. The zero-order valence-corrected chi connectivity index (χ0v) is 15.2. The van der Waals surface area contributed by atoms with Crippen molar-refractivity contribution in [2.24, 2.45) is 0 Å². The molecule has 1 aromatic carbocycles. The maximum absolute atomic E-state index is 12.5. The largest absolute Gasteiger partial charge is 0.336 e. The number of benzene rings is 1. The van der Waals surface area contributed by atoms with Gasteiger partial charge in [0.15, 0.2) is 0 Å². The molecule has 3 amide bonds. The van der Waals surface area contributed by atoms with E-state index >= 15 is 0 Å². The molecule has 9 heteroatoms. The normalized spacial score (nSPS) is 23.1. The van der Waals surface area contributed by atoms with Crippen LogP contribution in [0.1, 0.15) is 25.7 Å². The standard InChI is InChI=1S/C17H22N4O4S/c22-16-8-5-14-11-20(9-10-21(14)16)17(23)18-12-3-6-15(7-4-12)26(24,25)19-13-1-2-13/h3-4,6-7,13-14,19H,1-2,5,8-11H2,(H,18,23). The molecule has 1 unspecified atom stereocenters. The number of piperazine rings is 1. The van der Waals surface area contributed by atoms with Crippen molar-refractivity contribution in [1.82, 2.24) is 14.5 Å². The van der Waals surface area contributed by atoms with Crippen LogP contribution < -0.4 is 10.0 Å². The first-order chi connectivity index (χ1) is 12.4. The highest BCUT2D eigenvalue weighted by Crippen LogP contribution is 2.24. The molecule has 140 valence electrons. The van der Waals surface area contributed by atoms with Gasteiger partial charge in [-0.3, -0.25) is 4.79 Å². The van der Waals surface area contributed by atoms with E-state index in [-0.39, 0.29) is 28.9 Å². The first kappa shape index (κ1) is 17.3. The summed E-state index contributed by atoms with van der Waals surface area (Å²) in [5, 5.41) is 2.80. The molecule has 26 heavy (non-hydrogen) atoms. The molecule has 2 N–H and O–H groups in total. The molecule has 2 aliphatic heterocycles. The van der Waals surface area contributed by atoms with Gasteiger partial charge in [0.2, 0.25) is 15.9 Å². The van der Waals surface area contributed by atoms with Crippen LogP contribution in [-0.2, 0) is 14.8 Å². The van der Waals surface area contributed by atoms with Crippen LogP contribution in [0.4, 0.5) is 10.5 Å². The Bertz CT molecular complexity index is 820. The van der Waals surface area contributed by atoms with Crippen molar-refractivity contribution in [1.29, 1.82) is 0 Å². The minimum Gasteiger partial charge on any atom is -0.336 e. The van der Waals surface area contributed by atoms with Crippen LogP contribution >= 0.6 is 0 Å². The van der Waals surface area contributed by atoms with Gasteiger partial charge >= 0.3 is 6.03 Å². The van der Waals surface area contributed by atoms with E-state index in [2.05, 4.69) is 10.0 Å². The highest BCUT2D eigenvalue weighted by Gasteiger charge is 2.36. The number of sulfonamides is 1. The molecular weight excluding hydrogens is 356 g/mol. The Labute approximate surface area is 152 Å². The van der Waals surface area contributed by atoms with Gasteiger partial charge in [-0.2, -0.15) is 0 Å². The predicted molar refractivity (Wildman–Crippen MR) is 95.1 cm³/mol. The van der Waals surface area contributed by atoms with Crippen LogP contribution in [0.25, 0.3) is 0 Å². The lowest BCUT2D eigenvalue weighted by Gasteiger charge is -2.37. The summed E-state index contributed by atoms with van der Waals surface area (Å²) in [5.41, 5.74) is 0.547. The molecule has 1 aliphatic carbocycles. The molecule has 3 aliphatic rings. The number of hydrogen-bond donors (Lipinski definition) is 2. The number of rotatable bonds is 4. The number of carbonyl (C=O) groups excluding carboxylic acids is 2. The Hall–Kier alpha value is -2.13. The van der Waals surface area contributed by atoms with Gasteiger partial charge in [-0.1, -0.05) is 0 Å². The van der Waals surface area contributed by atoms with Gasteiger partial charge < -0.3 is 15.1 Å². The molecule has 2 heterocycles. The summed E-state index contributed by atoms with van der Waals surface area (Å²) in [7, 11) is -3.49. The highest BCUT2D eigenvalue weighted by molar-refractivity contribution is 7.89. The topological polar surface area (TPSA) is 98.8 Å². The van der Waals surface area contributed by atoms with E-state index in [0.29, 0.717) is 31.7 Å². The smallest absolute Gasteiger partial charge is 0.321 e. The van der Waals surface area contributed by atoms with Crippen molar-refractivity contribution < 1.29 is 18.0 Å². The molecule has 0 spiro atoms. The van der Waals surface area contributed by atoms with Crippen LogP contribution in [0.3, 0.4) is 0 Å². The van der Waals surface area contributed by atoms with Gasteiger partial charge in [0.25, 0.3) is 0 Å². The Morgan fingerprint density at radius 3 is 2.50 bits per heavy atom. The summed E-state index contributed by atoms with van der Waals surface area (Å²) in [6, 6.07) is 6.12. The zero-order valence-electron chi connectivity index (χ0n) is 14.3. The first-order valence-electron chi connectivity index (χ1n) is 8.90. The zero-order chi connectivity index (χ0) is 18.3. The Kier molecular flexibility index (Phi) is 4.36. The Morgan fingerprint density at radius 2 is 1.81 bits per heavy atom. The number of amides is 3. The molecule has 2 saturated heterocycles. The fourth-order valence-corrected chi connectivity index (χ4v) is 4.76. The van der Waals surface area contributed by atoms with E-state index in [1.807, 2.05) is 4.90 Å². The number of fused-ring (bicyclic) bond motifs is 1. The number of nitrogens with zero attached hydrogens (tertiary/aromatic N) is 2. The molecule has 0 radical (unpaired) electrons. The summed E-state index contributed by atoms with van der Waals surface area (Å²) in [6.45, 7) is 1.61. The lowest BCUT2D eigenvalue weighted by atomic mass is 10.1. The van der Waals surface area contributed by atoms with Gasteiger partial charge in [-0.05, 0) is 43.5 Å². The SMILES string of the molecule is O=C(Nc1ccc(S(=O)(=O)NC2CC2)cc1)N1CCN2C(=O)CCC2C1.